The van der Waals surface area contributed by atoms with E-state index in [1.54, 1.807) is 6.20 Å². The van der Waals surface area contributed by atoms with Crippen molar-refractivity contribution < 1.29 is 4.74 Å². The lowest BCUT2D eigenvalue weighted by Gasteiger charge is -2.23. The van der Waals surface area contributed by atoms with Gasteiger partial charge in [0.25, 0.3) is 0 Å². The van der Waals surface area contributed by atoms with Gasteiger partial charge in [-0.15, -0.1) is 0 Å². The van der Waals surface area contributed by atoms with Crippen molar-refractivity contribution in [1.29, 1.82) is 0 Å². The van der Waals surface area contributed by atoms with Gasteiger partial charge in [-0.3, -0.25) is 0 Å². The molecule has 15 heavy (non-hydrogen) atoms. The van der Waals surface area contributed by atoms with E-state index in [-0.39, 0.29) is 5.60 Å². The summed E-state index contributed by atoms with van der Waals surface area (Å²) in [5.41, 5.74) is 7.15. The molecular weight excluding hydrogens is 190 g/mol. The molecule has 0 aromatic carbocycles. The summed E-state index contributed by atoms with van der Waals surface area (Å²) in [7, 11) is 0. The number of hydrogen-bond donors (Lipinski definition) is 1. The van der Waals surface area contributed by atoms with Crippen LogP contribution in [0.3, 0.4) is 0 Å². The molecule has 0 atom stereocenters. The smallest absolute Gasteiger partial charge is 0.317 e. The molecular formula is C11H19N3O. The lowest BCUT2D eigenvalue weighted by molar-refractivity contribution is 0.0921. The van der Waals surface area contributed by atoms with Crippen LogP contribution in [-0.4, -0.2) is 15.6 Å². The van der Waals surface area contributed by atoms with Crippen LogP contribution in [0.2, 0.25) is 0 Å². The fourth-order valence-electron chi connectivity index (χ4n) is 1.04. The highest BCUT2D eigenvalue weighted by Crippen LogP contribution is 2.17. The maximum absolute atomic E-state index is 5.67. The Labute approximate surface area is 90.9 Å². The van der Waals surface area contributed by atoms with E-state index in [1.165, 1.54) is 0 Å². The zero-order chi connectivity index (χ0) is 11.5. The van der Waals surface area contributed by atoms with E-state index in [0.717, 1.165) is 17.7 Å². The molecule has 0 saturated carbocycles. The fraction of sp³-hybridized carbons (Fsp3) is 0.636. The molecule has 0 fully saturated rings. The van der Waals surface area contributed by atoms with Crippen LogP contribution in [-0.2, 0) is 6.54 Å². The number of nitrogens with two attached hydrogens (primary N) is 1. The second kappa shape index (κ2) is 4.57. The van der Waals surface area contributed by atoms with Gasteiger partial charge in [0.2, 0.25) is 0 Å². The average Bonchev–Trinajstić information content (AvgIpc) is 2.17. The number of rotatable bonds is 4. The largest absolute Gasteiger partial charge is 0.457 e. The van der Waals surface area contributed by atoms with Gasteiger partial charge in [0, 0.05) is 24.0 Å². The van der Waals surface area contributed by atoms with Crippen molar-refractivity contribution in [3.63, 3.8) is 0 Å². The van der Waals surface area contributed by atoms with Gasteiger partial charge in [-0.1, -0.05) is 6.92 Å². The number of ether oxygens (including phenoxy) is 1. The monoisotopic (exact) mass is 209 g/mol. The molecule has 1 heterocycles. The number of aromatic nitrogens is 2. The first kappa shape index (κ1) is 11.9. The minimum absolute atomic E-state index is 0.226. The molecule has 1 aromatic rings. The quantitative estimate of drug-likeness (QED) is 0.821. The topological polar surface area (TPSA) is 61.0 Å². The fourth-order valence-corrected chi connectivity index (χ4v) is 1.04. The zero-order valence-electron chi connectivity index (χ0n) is 9.87. The molecule has 0 radical (unpaired) electrons. The second-order valence-corrected chi connectivity index (χ2v) is 4.18. The molecule has 4 nitrogen and oxygen atoms in total. The predicted octanol–water partition coefficient (Wildman–Crippen LogP) is 1.81. The summed E-state index contributed by atoms with van der Waals surface area (Å²) in [5.74, 6) is 0. The molecule has 84 valence electrons. The number of hydrogen-bond acceptors (Lipinski definition) is 4. The molecule has 0 saturated heterocycles. The zero-order valence-corrected chi connectivity index (χ0v) is 9.87. The first-order valence-electron chi connectivity index (χ1n) is 5.20. The summed E-state index contributed by atoms with van der Waals surface area (Å²) >= 11 is 0. The molecule has 2 N–H and O–H groups in total. The molecule has 1 aromatic heterocycles. The molecule has 4 heteroatoms. The predicted molar refractivity (Wildman–Crippen MR) is 59.7 cm³/mol. The van der Waals surface area contributed by atoms with Crippen molar-refractivity contribution in [1.82, 2.24) is 9.97 Å². The van der Waals surface area contributed by atoms with Gasteiger partial charge in [-0.2, -0.15) is 0 Å². The van der Waals surface area contributed by atoms with Gasteiger partial charge in [0.05, 0.1) is 0 Å². The Bertz CT molecular complexity index is 337. The van der Waals surface area contributed by atoms with E-state index in [2.05, 4.69) is 16.9 Å². The maximum atomic E-state index is 5.67. The third-order valence-electron chi connectivity index (χ3n) is 2.50. The lowest BCUT2D eigenvalue weighted by Crippen LogP contribution is -2.28. The third-order valence-corrected chi connectivity index (χ3v) is 2.50. The Hall–Kier alpha value is -1.16. The minimum atomic E-state index is -0.226. The van der Waals surface area contributed by atoms with Gasteiger partial charge in [0.15, 0.2) is 0 Å². The van der Waals surface area contributed by atoms with Gasteiger partial charge >= 0.3 is 6.01 Å². The molecule has 0 bridgehead atoms. The van der Waals surface area contributed by atoms with Crippen molar-refractivity contribution in [3.05, 3.63) is 17.5 Å². The van der Waals surface area contributed by atoms with Crippen molar-refractivity contribution in [2.45, 2.75) is 46.3 Å². The summed E-state index contributed by atoms with van der Waals surface area (Å²) in [6.07, 6.45) is 2.64. The van der Waals surface area contributed by atoms with Crippen LogP contribution in [0, 0.1) is 6.92 Å². The van der Waals surface area contributed by atoms with Gasteiger partial charge in [0.1, 0.15) is 5.60 Å². The second-order valence-electron chi connectivity index (χ2n) is 4.18. The number of nitrogens with zero attached hydrogens (tertiary/aromatic N) is 2. The third kappa shape index (κ3) is 3.16. The summed E-state index contributed by atoms with van der Waals surface area (Å²) < 4.78 is 5.67. The summed E-state index contributed by atoms with van der Waals surface area (Å²) in [6.45, 7) is 8.48. The minimum Gasteiger partial charge on any atom is -0.457 e. The Balaban J connectivity index is 2.84. The van der Waals surface area contributed by atoms with Crippen LogP contribution < -0.4 is 10.5 Å². The van der Waals surface area contributed by atoms with E-state index >= 15 is 0 Å². The van der Waals surface area contributed by atoms with E-state index in [4.69, 9.17) is 10.5 Å². The Kier molecular flexibility index (Phi) is 3.63. The molecule has 0 aliphatic rings. The summed E-state index contributed by atoms with van der Waals surface area (Å²) in [6, 6.07) is 0.427. The summed E-state index contributed by atoms with van der Waals surface area (Å²) in [4.78, 5) is 8.39. The normalized spacial score (nSPS) is 11.5. The molecule has 0 amide bonds. The summed E-state index contributed by atoms with van der Waals surface area (Å²) in [5, 5.41) is 0. The SMILES string of the molecule is CCC(C)(C)Oc1ncc(CN)c(C)n1. The van der Waals surface area contributed by atoms with Crippen LogP contribution in [0.1, 0.15) is 38.4 Å². The van der Waals surface area contributed by atoms with Crippen LogP contribution >= 0.6 is 0 Å². The lowest BCUT2D eigenvalue weighted by atomic mass is 10.1. The van der Waals surface area contributed by atoms with Crippen LogP contribution in [0.4, 0.5) is 0 Å². The van der Waals surface area contributed by atoms with Crippen molar-refractivity contribution in [2.75, 3.05) is 0 Å². The van der Waals surface area contributed by atoms with E-state index < -0.39 is 0 Å². The average molecular weight is 209 g/mol. The van der Waals surface area contributed by atoms with Crippen LogP contribution in [0.5, 0.6) is 6.01 Å². The molecule has 0 spiro atoms. The van der Waals surface area contributed by atoms with E-state index in [9.17, 15) is 0 Å². The Morgan fingerprint density at radius 1 is 1.47 bits per heavy atom. The maximum Gasteiger partial charge on any atom is 0.317 e. The molecule has 0 aliphatic heterocycles. The highest BCUT2D eigenvalue weighted by Gasteiger charge is 2.18. The van der Waals surface area contributed by atoms with E-state index in [1.807, 2.05) is 20.8 Å². The van der Waals surface area contributed by atoms with Gasteiger partial charge in [-0.25, -0.2) is 9.97 Å². The standard InChI is InChI=1S/C11H19N3O/c1-5-11(3,4)15-10-13-7-9(6-12)8(2)14-10/h7H,5-6,12H2,1-4H3. The van der Waals surface area contributed by atoms with Gasteiger partial charge in [-0.05, 0) is 27.2 Å². The highest BCUT2D eigenvalue weighted by atomic mass is 16.5. The van der Waals surface area contributed by atoms with E-state index in [0.29, 0.717) is 12.6 Å². The molecule has 1 rings (SSSR count). The van der Waals surface area contributed by atoms with Crippen LogP contribution in [0.15, 0.2) is 6.20 Å². The van der Waals surface area contributed by atoms with Crippen molar-refractivity contribution in [3.8, 4) is 6.01 Å². The molecule has 0 aliphatic carbocycles. The first-order chi connectivity index (χ1) is 6.98. The Morgan fingerprint density at radius 3 is 2.60 bits per heavy atom. The molecule has 0 unspecified atom stereocenters. The van der Waals surface area contributed by atoms with Crippen molar-refractivity contribution >= 4 is 0 Å². The van der Waals surface area contributed by atoms with Crippen LogP contribution in [0.25, 0.3) is 0 Å². The highest BCUT2D eigenvalue weighted by molar-refractivity contribution is 5.17. The van der Waals surface area contributed by atoms with Gasteiger partial charge < -0.3 is 10.5 Å². The van der Waals surface area contributed by atoms with Crippen molar-refractivity contribution in [2.24, 2.45) is 5.73 Å². The number of aryl methyl sites for hydroxylation is 1. The first-order valence-corrected chi connectivity index (χ1v) is 5.20. The Morgan fingerprint density at radius 2 is 2.13 bits per heavy atom.